The zero-order chi connectivity index (χ0) is 14.4. The van der Waals surface area contributed by atoms with E-state index in [0.29, 0.717) is 12.4 Å². The van der Waals surface area contributed by atoms with Crippen molar-refractivity contribution in [3.8, 4) is 5.75 Å². The van der Waals surface area contributed by atoms with Gasteiger partial charge < -0.3 is 14.5 Å². The van der Waals surface area contributed by atoms with Crippen molar-refractivity contribution in [1.29, 1.82) is 0 Å². The van der Waals surface area contributed by atoms with Gasteiger partial charge in [-0.25, -0.2) is 4.39 Å². The van der Waals surface area contributed by atoms with Crippen LogP contribution in [0.5, 0.6) is 5.75 Å². The summed E-state index contributed by atoms with van der Waals surface area (Å²) in [6.45, 7) is 6.23. The third kappa shape index (κ3) is 4.10. The van der Waals surface area contributed by atoms with Crippen LogP contribution >= 0.6 is 0 Å². The number of hydrogen-bond acceptors (Lipinski definition) is 3. The molecule has 0 aliphatic carbocycles. The highest BCUT2D eigenvalue weighted by atomic mass is 19.1. The van der Waals surface area contributed by atoms with Crippen LogP contribution < -0.4 is 10.1 Å². The van der Waals surface area contributed by atoms with Crippen LogP contribution in [-0.2, 0) is 13.2 Å². The number of halogens is 1. The predicted octanol–water partition coefficient (Wildman–Crippen LogP) is 3.81. The molecule has 1 aromatic heterocycles. The van der Waals surface area contributed by atoms with Crippen LogP contribution in [0.2, 0.25) is 0 Å². The zero-order valence-corrected chi connectivity index (χ0v) is 11.9. The molecule has 1 aromatic carbocycles. The van der Waals surface area contributed by atoms with Crippen molar-refractivity contribution in [2.75, 3.05) is 6.54 Å². The number of ether oxygens (including phenoxy) is 1. The monoisotopic (exact) mass is 277 g/mol. The minimum absolute atomic E-state index is 0.268. The molecule has 2 rings (SSSR count). The summed E-state index contributed by atoms with van der Waals surface area (Å²) >= 11 is 0. The van der Waals surface area contributed by atoms with Crippen molar-refractivity contribution in [1.82, 2.24) is 5.32 Å². The van der Waals surface area contributed by atoms with Crippen molar-refractivity contribution < 1.29 is 13.5 Å². The van der Waals surface area contributed by atoms with Crippen LogP contribution in [0.4, 0.5) is 4.39 Å². The maximum Gasteiger partial charge on any atom is 0.146 e. The van der Waals surface area contributed by atoms with Crippen LogP contribution in [0, 0.1) is 12.7 Å². The Morgan fingerprint density at radius 1 is 1.25 bits per heavy atom. The highest BCUT2D eigenvalue weighted by Crippen LogP contribution is 2.18. The first kappa shape index (κ1) is 14.6. The summed E-state index contributed by atoms with van der Waals surface area (Å²) in [5, 5.41) is 3.34. The fraction of sp³-hybridized carbons (Fsp3) is 0.375. The van der Waals surface area contributed by atoms with Gasteiger partial charge in [-0.2, -0.15) is 0 Å². The Labute approximate surface area is 118 Å². The summed E-state index contributed by atoms with van der Waals surface area (Å²) in [6, 6.07) is 7.97. The van der Waals surface area contributed by atoms with Crippen LogP contribution in [0.1, 0.15) is 30.4 Å². The fourth-order valence-electron chi connectivity index (χ4n) is 1.92. The molecule has 2 aromatic rings. The van der Waals surface area contributed by atoms with E-state index in [1.165, 1.54) is 12.1 Å². The minimum Gasteiger partial charge on any atom is -0.486 e. The first-order valence-corrected chi connectivity index (χ1v) is 6.86. The largest absolute Gasteiger partial charge is 0.486 e. The lowest BCUT2D eigenvalue weighted by Gasteiger charge is -2.03. The van der Waals surface area contributed by atoms with E-state index in [4.69, 9.17) is 9.15 Å². The zero-order valence-electron chi connectivity index (χ0n) is 11.9. The summed E-state index contributed by atoms with van der Waals surface area (Å²) in [7, 11) is 0. The first-order valence-electron chi connectivity index (χ1n) is 6.86. The van der Waals surface area contributed by atoms with Gasteiger partial charge in [0.15, 0.2) is 0 Å². The molecule has 20 heavy (non-hydrogen) atoms. The highest BCUT2D eigenvalue weighted by molar-refractivity contribution is 5.24. The van der Waals surface area contributed by atoms with Gasteiger partial charge in [0.2, 0.25) is 0 Å². The van der Waals surface area contributed by atoms with Crippen LogP contribution in [-0.4, -0.2) is 6.54 Å². The maximum atomic E-state index is 12.8. The van der Waals surface area contributed by atoms with Gasteiger partial charge in [0.1, 0.15) is 29.7 Å². The van der Waals surface area contributed by atoms with E-state index >= 15 is 0 Å². The molecule has 0 bridgehead atoms. The Morgan fingerprint density at radius 2 is 2.00 bits per heavy atom. The van der Waals surface area contributed by atoms with Crippen LogP contribution in [0.15, 0.2) is 34.7 Å². The van der Waals surface area contributed by atoms with Gasteiger partial charge in [-0.05, 0) is 50.2 Å². The van der Waals surface area contributed by atoms with Gasteiger partial charge in [-0.15, -0.1) is 0 Å². The van der Waals surface area contributed by atoms with Gasteiger partial charge in [-0.3, -0.25) is 0 Å². The van der Waals surface area contributed by atoms with Gasteiger partial charge in [0, 0.05) is 12.1 Å². The summed E-state index contributed by atoms with van der Waals surface area (Å²) in [6.07, 6.45) is 1.11. The number of nitrogens with one attached hydrogen (secondary N) is 1. The Bertz CT molecular complexity index is 534. The molecule has 0 aliphatic rings. The van der Waals surface area contributed by atoms with Crippen molar-refractivity contribution in [3.63, 3.8) is 0 Å². The van der Waals surface area contributed by atoms with Crippen molar-refractivity contribution >= 4 is 0 Å². The number of aryl methyl sites for hydroxylation is 1. The lowest BCUT2D eigenvalue weighted by molar-refractivity contribution is 0.267. The molecule has 0 aliphatic heterocycles. The number of benzene rings is 1. The lowest BCUT2D eigenvalue weighted by atomic mass is 10.2. The van der Waals surface area contributed by atoms with Crippen molar-refractivity contribution in [2.45, 2.75) is 33.4 Å². The lowest BCUT2D eigenvalue weighted by Crippen LogP contribution is -2.13. The number of rotatable bonds is 7. The Hall–Kier alpha value is -1.81. The molecule has 1 N–H and O–H groups in total. The molecule has 0 fully saturated rings. The standard InChI is InChI=1S/C16H20FNO2/c1-3-8-18-10-13-9-16(20-12(13)2)11-19-15-6-4-14(17)5-7-15/h4-7,9,18H,3,8,10-11H2,1-2H3. The molecule has 3 nitrogen and oxygen atoms in total. The topological polar surface area (TPSA) is 34.4 Å². The fourth-order valence-corrected chi connectivity index (χ4v) is 1.92. The summed E-state index contributed by atoms with van der Waals surface area (Å²) < 4.78 is 24.0. The molecule has 0 saturated carbocycles. The molecular weight excluding hydrogens is 257 g/mol. The Kier molecular flexibility index (Phi) is 5.18. The predicted molar refractivity (Wildman–Crippen MR) is 76.2 cm³/mol. The molecule has 4 heteroatoms. The van der Waals surface area contributed by atoms with E-state index in [2.05, 4.69) is 12.2 Å². The molecule has 0 amide bonds. The number of hydrogen-bond donors (Lipinski definition) is 1. The molecule has 0 radical (unpaired) electrons. The maximum absolute atomic E-state index is 12.8. The highest BCUT2D eigenvalue weighted by Gasteiger charge is 2.07. The third-order valence-corrected chi connectivity index (χ3v) is 3.01. The van der Waals surface area contributed by atoms with E-state index in [0.717, 1.165) is 36.6 Å². The normalized spacial score (nSPS) is 10.8. The summed E-state index contributed by atoms with van der Waals surface area (Å²) in [5.74, 6) is 2.05. The summed E-state index contributed by atoms with van der Waals surface area (Å²) in [5.41, 5.74) is 1.15. The Balaban J connectivity index is 1.89. The molecule has 0 saturated heterocycles. The van der Waals surface area contributed by atoms with Crippen molar-refractivity contribution in [2.24, 2.45) is 0 Å². The van der Waals surface area contributed by atoms with Crippen LogP contribution in [0.3, 0.4) is 0 Å². The smallest absolute Gasteiger partial charge is 0.146 e. The molecule has 0 spiro atoms. The molecule has 0 unspecified atom stereocenters. The SMILES string of the molecule is CCCNCc1cc(COc2ccc(F)cc2)oc1C. The van der Waals surface area contributed by atoms with Gasteiger partial charge >= 0.3 is 0 Å². The summed E-state index contributed by atoms with van der Waals surface area (Å²) in [4.78, 5) is 0. The first-order chi connectivity index (χ1) is 9.69. The van der Waals surface area contributed by atoms with Crippen molar-refractivity contribution in [3.05, 3.63) is 53.2 Å². The van der Waals surface area contributed by atoms with Crippen LogP contribution in [0.25, 0.3) is 0 Å². The molecule has 0 atom stereocenters. The van der Waals surface area contributed by atoms with Gasteiger partial charge in [0.05, 0.1) is 0 Å². The van der Waals surface area contributed by atoms with Gasteiger partial charge in [0.25, 0.3) is 0 Å². The van der Waals surface area contributed by atoms with E-state index in [1.54, 1.807) is 12.1 Å². The second-order valence-corrected chi connectivity index (χ2v) is 4.71. The molecule has 108 valence electrons. The van der Waals surface area contributed by atoms with Gasteiger partial charge in [-0.1, -0.05) is 6.92 Å². The van der Waals surface area contributed by atoms with E-state index < -0.39 is 0 Å². The minimum atomic E-state index is -0.268. The number of furan rings is 1. The van der Waals surface area contributed by atoms with E-state index in [9.17, 15) is 4.39 Å². The second kappa shape index (κ2) is 7.10. The molecular formula is C16H20FNO2. The van der Waals surface area contributed by atoms with E-state index in [-0.39, 0.29) is 5.82 Å². The Morgan fingerprint density at radius 3 is 2.70 bits per heavy atom. The molecule has 1 heterocycles. The average molecular weight is 277 g/mol. The van der Waals surface area contributed by atoms with E-state index in [1.807, 2.05) is 13.0 Å². The third-order valence-electron chi connectivity index (χ3n) is 3.01. The quantitative estimate of drug-likeness (QED) is 0.782. The average Bonchev–Trinajstić information content (AvgIpc) is 2.79. The second-order valence-electron chi connectivity index (χ2n) is 4.71.